The topological polar surface area (TPSA) is 26.3 Å². The lowest BCUT2D eigenvalue weighted by molar-refractivity contribution is 0.620. The summed E-state index contributed by atoms with van der Waals surface area (Å²) in [6.07, 6.45) is 4.29. The fraction of sp³-hybridized carbons (Fsp3) is 0. The van der Waals surface area contributed by atoms with E-state index in [-0.39, 0.29) is 0 Å². The van der Waals surface area contributed by atoms with Crippen LogP contribution in [-0.2, 0) is 0 Å². The molecule has 4 aromatic heterocycles. The van der Waals surface area contributed by atoms with Gasteiger partial charge in [-0.05, 0) is 198 Å². The second kappa shape index (κ2) is 22.2. The highest BCUT2D eigenvalue weighted by Gasteiger charge is 2.25. The summed E-state index contributed by atoms with van der Waals surface area (Å²) in [4.78, 5) is 2.68. The van der Waals surface area contributed by atoms with Crippen LogP contribution in [0.1, 0.15) is 5.56 Å². The molecule has 21 aromatic rings. The first-order valence-corrected chi connectivity index (χ1v) is 37.5. The summed E-state index contributed by atoms with van der Waals surface area (Å²) in [6.45, 7) is 0. The first kappa shape index (κ1) is 56.9. The Hall–Kier alpha value is -12.1. The summed E-state index contributed by atoms with van der Waals surface area (Å²) in [5.41, 5.74) is 18.6. The molecule has 0 radical (unpaired) electrons. The van der Waals surface area contributed by atoms with E-state index >= 15 is 0 Å². The number of hydrogen-bond acceptors (Lipinski definition) is 4. The number of furan rings is 2. The van der Waals surface area contributed by atoms with Gasteiger partial charge in [-0.1, -0.05) is 249 Å². The Labute approximate surface area is 591 Å². The SMILES string of the molecule is C1=C[SH](c2cccc(-c3cccc(-c4cc5ccc6ccc(-c7c8ccccc8c(-c8ccc9c(c8)sc8ccccc89)c8ccccc78)cc6c5o4)c3)c2)c2ccc(-c3coc4c3ccc3c(-c5c6ccccc6c(-c6cccc7c6sc6ccccc67)c6ccccc56)cccc34)cc21. The van der Waals surface area contributed by atoms with Gasteiger partial charge in [-0.25, -0.2) is 0 Å². The highest BCUT2D eigenvalue weighted by molar-refractivity contribution is 8.20. The molecule has 470 valence electrons. The van der Waals surface area contributed by atoms with Crippen molar-refractivity contribution in [1.29, 1.82) is 0 Å². The van der Waals surface area contributed by atoms with Crippen LogP contribution >= 0.6 is 33.6 Å². The summed E-state index contributed by atoms with van der Waals surface area (Å²) in [7, 11) is -0.737. The summed E-state index contributed by atoms with van der Waals surface area (Å²) >= 11 is 3.77. The van der Waals surface area contributed by atoms with Crippen molar-refractivity contribution in [2.24, 2.45) is 0 Å². The van der Waals surface area contributed by atoms with Gasteiger partial charge in [0.1, 0.15) is 16.9 Å². The van der Waals surface area contributed by atoms with Gasteiger partial charge in [0.15, 0.2) is 0 Å². The summed E-state index contributed by atoms with van der Waals surface area (Å²) < 4.78 is 19.0. The average molecular weight is 1340 g/mol. The predicted molar refractivity (Wildman–Crippen MR) is 436 cm³/mol. The van der Waals surface area contributed by atoms with Crippen LogP contribution in [0.3, 0.4) is 0 Å². The van der Waals surface area contributed by atoms with Crippen molar-refractivity contribution in [2.45, 2.75) is 9.79 Å². The van der Waals surface area contributed by atoms with Crippen LogP contribution in [0, 0.1) is 0 Å². The van der Waals surface area contributed by atoms with Gasteiger partial charge >= 0.3 is 0 Å². The third-order valence-electron chi connectivity index (χ3n) is 21.5. The van der Waals surface area contributed by atoms with Gasteiger partial charge in [-0.3, -0.25) is 0 Å². The second-order valence-corrected chi connectivity index (χ2v) is 31.1. The molecule has 0 aliphatic carbocycles. The van der Waals surface area contributed by atoms with Crippen LogP contribution in [0.2, 0.25) is 0 Å². The zero-order valence-electron chi connectivity index (χ0n) is 54.3. The molecule has 1 atom stereocenters. The van der Waals surface area contributed by atoms with E-state index in [0.717, 1.165) is 66.1 Å². The minimum Gasteiger partial charge on any atom is -0.463 e. The molecule has 101 heavy (non-hydrogen) atoms. The van der Waals surface area contributed by atoms with Crippen LogP contribution in [0.25, 0.3) is 211 Å². The Morgan fingerprint density at radius 3 is 1.50 bits per heavy atom. The van der Waals surface area contributed by atoms with Crippen LogP contribution < -0.4 is 0 Å². The fourth-order valence-electron chi connectivity index (χ4n) is 16.9. The highest BCUT2D eigenvalue weighted by atomic mass is 32.2. The minimum absolute atomic E-state index is 0.737. The molecule has 0 bridgehead atoms. The summed E-state index contributed by atoms with van der Waals surface area (Å²) in [5.74, 6) is 0.851. The molecule has 1 unspecified atom stereocenters. The maximum Gasteiger partial charge on any atom is 0.142 e. The molecule has 17 aromatic carbocycles. The van der Waals surface area contributed by atoms with Gasteiger partial charge in [0, 0.05) is 83.5 Å². The van der Waals surface area contributed by atoms with E-state index in [2.05, 4.69) is 327 Å². The number of thiol groups is 1. The molecule has 5 heteroatoms. The molecule has 0 saturated heterocycles. The lowest BCUT2D eigenvalue weighted by Crippen LogP contribution is -1.92. The number of rotatable bonds is 8. The van der Waals surface area contributed by atoms with Gasteiger partial charge in [-0.2, -0.15) is 10.9 Å². The van der Waals surface area contributed by atoms with Crippen LogP contribution in [-0.4, -0.2) is 0 Å². The van der Waals surface area contributed by atoms with E-state index in [4.69, 9.17) is 8.83 Å². The molecule has 0 N–H and O–H groups in total. The van der Waals surface area contributed by atoms with E-state index < -0.39 is 10.9 Å². The van der Waals surface area contributed by atoms with Crippen molar-refractivity contribution in [3.8, 4) is 78.1 Å². The molecular weight excluding hydrogens is 1280 g/mol. The van der Waals surface area contributed by atoms with Crippen LogP contribution in [0.15, 0.2) is 346 Å². The maximum atomic E-state index is 7.05. The Kier molecular flexibility index (Phi) is 12.5. The van der Waals surface area contributed by atoms with Crippen molar-refractivity contribution in [3.63, 3.8) is 0 Å². The van der Waals surface area contributed by atoms with Gasteiger partial charge < -0.3 is 8.83 Å². The predicted octanol–water partition coefficient (Wildman–Crippen LogP) is 28.9. The monoisotopic (exact) mass is 1340 g/mol. The number of fused-ring (bicyclic) bond motifs is 17. The third-order valence-corrected chi connectivity index (χ3v) is 26.0. The van der Waals surface area contributed by atoms with Crippen LogP contribution in [0.5, 0.6) is 0 Å². The van der Waals surface area contributed by atoms with Gasteiger partial charge in [0.05, 0.1) is 6.26 Å². The van der Waals surface area contributed by atoms with Crippen molar-refractivity contribution in [3.05, 3.63) is 333 Å². The molecule has 2 nitrogen and oxygen atoms in total. The van der Waals surface area contributed by atoms with E-state index in [0.29, 0.717) is 0 Å². The largest absolute Gasteiger partial charge is 0.463 e. The zero-order chi connectivity index (χ0) is 66.0. The molecule has 0 fully saturated rings. The first-order chi connectivity index (χ1) is 50.1. The van der Waals surface area contributed by atoms with Crippen molar-refractivity contribution < 1.29 is 8.83 Å². The third kappa shape index (κ3) is 8.71. The van der Waals surface area contributed by atoms with Crippen molar-refractivity contribution in [2.75, 3.05) is 0 Å². The van der Waals surface area contributed by atoms with E-state index in [9.17, 15) is 0 Å². The molecule has 0 spiro atoms. The Morgan fingerprint density at radius 1 is 0.267 bits per heavy atom. The number of hydrogen-bond donors (Lipinski definition) is 1. The van der Waals surface area contributed by atoms with Gasteiger partial charge in [-0.15, -0.1) is 22.7 Å². The highest BCUT2D eigenvalue weighted by Crippen LogP contribution is 2.55. The minimum atomic E-state index is -0.737. The standard InChI is InChI=1S/C96H56O2S3/c1-3-25-73-71(23-1)90(72-24-2-4-26-74(72)91(73)63-41-43-69-67-21-9-11-35-86(67)99-88(69)54-63)62-39-37-56-38-40-64-53-85(98-94(64)83(56)52-62)60-19-13-17-57(49-60)58-18-14-20-65(51-58)101-48-47-61-50-59(42-46-89(61)101)84-55-97-95-79-32-15-31-70(66(79)44-45-80(84)95)92-75-27-5-7-29-77(75)93(78-30-8-6-28-76(78)92)82-34-16-33-81-68-22-10-12-36-87(68)100-96(81)82/h1-55,101H. The number of benzene rings is 17. The molecule has 22 rings (SSSR count). The molecular formula is C96H56O2S3. The lowest BCUT2D eigenvalue weighted by atomic mass is 9.84. The fourth-order valence-corrected chi connectivity index (χ4v) is 21.4. The summed E-state index contributed by atoms with van der Waals surface area (Å²) in [5, 5.41) is 24.3. The Morgan fingerprint density at radius 2 is 0.782 bits per heavy atom. The molecule has 0 amide bonds. The molecule has 5 heterocycles. The van der Waals surface area contributed by atoms with Gasteiger partial charge in [0.25, 0.3) is 0 Å². The van der Waals surface area contributed by atoms with E-state index in [1.165, 1.54) is 154 Å². The number of thiophene rings is 2. The summed E-state index contributed by atoms with van der Waals surface area (Å²) in [6, 6.07) is 117. The van der Waals surface area contributed by atoms with Crippen LogP contribution in [0.4, 0.5) is 0 Å². The Balaban J connectivity index is 0.569. The van der Waals surface area contributed by atoms with E-state index in [1.807, 2.05) is 28.9 Å². The second-order valence-electron chi connectivity index (χ2n) is 26.9. The average Bonchev–Trinajstić information content (AvgIpc) is 1.61. The van der Waals surface area contributed by atoms with E-state index in [1.54, 1.807) is 0 Å². The smallest absolute Gasteiger partial charge is 0.142 e. The zero-order valence-corrected chi connectivity index (χ0v) is 56.9. The van der Waals surface area contributed by atoms with Crippen molar-refractivity contribution in [1.82, 2.24) is 0 Å². The Bertz CT molecular complexity index is 7060. The quantitative estimate of drug-likeness (QED) is 0.121. The molecule has 0 saturated carbocycles. The molecule has 1 aliphatic heterocycles. The van der Waals surface area contributed by atoms with Gasteiger partial charge in [0.2, 0.25) is 0 Å². The maximum absolute atomic E-state index is 7.05. The first-order valence-electron chi connectivity index (χ1n) is 34.5. The molecule has 1 aliphatic rings. The normalized spacial score (nSPS) is 13.6. The lowest BCUT2D eigenvalue weighted by Gasteiger charge is -2.19. The van der Waals surface area contributed by atoms with Crippen molar-refractivity contribution >= 4 is 167 Å².